The van der Waals surface area contributed by atoms with Crippen molar-refractivity contribution in [1.82, 2.24) is 5.32 Å². The summed E-state index contributed by atoms with van der Waals surface area (Å²) in [5.41, 5.74) is 1.24. The van der Waals surface area contributed by atoms with Crippen molar-refractivity contribution in [3.63, 3.8) is 0 Å². The first-order chi connectivity index (χ1) is 8.18. The Labute approximate surface area is 112 Å². The van der Waals surface area contributed by atoms with Crippen LogP contribution < -0.4 is 5.32 Å². The van der Waals surface area contributed by atoms with Crippen LogP contribution in [-0.4, -0.2) is 26.8 Å². The van der Waals surface area contributed by atoms with Crippen molar-refractivity contribution in [2.24, 2.45) is 0 Å². The molecule has 1 atom stereocenters. The molecule has 1 aliphatic heterocycles. The zero-order chi connectivity index (χ0) is 12.3. The molecule has 2 rings (SSSR count). The third-order valence-corrected chi connectivity index (χ3v) is 4.16. The highest BCUT2D eigenvalue weighted by molar-refractivity contribution is 6.42. The third-order valence-electron chi connectivity index (χ3n) is 3.42. The van der Waals surface area contributed by atoms with Crippen LogP contribution in [0.3, 0.4) is 0 Å². The Kier molecular flexibility index (Phi) is 4.31. The first-order valence-corrected chi connectivity index (χ1v) is 6.59. The lowest BCUT2D eigenvalue weighted by molar-refractivity contribution is 0.111. The second kappa shape index (κ2) is 5.57. The summed E-state index contributed by atoms with van der Waals surface area (Å²) in [6.07, 6.45) is 2.27. The van der Waals surface area contributed by atoms with Crippen molar-refractivity contribution < 1.29 is 4.74 Å². The minimum atomic E-state index is 0.0290. The van der Waals surface area contributed by atoms with E-state index >= 15 is 0 Å². The maximum atomic E-state index is 6.10. The summed E-state index contributed by atoms with van der Waals surface area (Å²) in [5, 5.41) is 4.66. The molecule has 1 heterocycles. The van der Waals surface area contributed by atoms with Gasteiger partial charge in [0, 0.05) is 19.1 Å². The van der Waals surface area contributed by atoms with E-state index in [1.165, 1.54) is 5.56 Å². The van der Waals surface area contributed by atoms with Crippen molar-refractivity contribution >= 4 is 23.2 Å². The lowest BCUT2D eigenvalue weighted by atomic mass is 9.75. The average Bonchev–Trinajstić information content (AvgIpc) is 2.34. The van der Waals surface area contributed by atoms with Crippen molar-refractivity contribution in [2.75, 3.05) is 26.8 Å². The Balaban J connectivity index is 2.34. The number of hydrogen-bond acceptors (Lipinski definition) is 2. The molecule has 2 nitrogen and oxygen atoms in total. The number of hydrogen-bond donors (Lipinski definition) is 1. The van der Waals surface area contributed by atoms with Gasteiger partial charge in [-0.2, -0.15) is 0 Å². The highest BCUT2D eigenvalue weighted by atomic mass is 35.5. The van der Waals surface area contributed by atoms with E-state index in [-0.39, 0.29) is 5.41 Å². The van der Waals surface area contributed by atoms with Crippen molar-refractivity contribution in [2.45, 2.75) is 18.3 Å². The Hall–Kier alpha value is -0.280. The van der Waals surface area contributed by atoms with Gasteiger partial charge in [0.05, 0.1) is 16.7 Å². The SMILES string of the molecule is COC[C@]1(c2ccc(Cl)c(Cl)c2)CCCNC1. The van der Waals surface area contributed by atoms with E-state index < -0.39 is 0 Å². The van der Waals surface area contributed by atoms with Crippen LogP contribution in [0.15, 0.2) is 18.2 Å². The van der Waals surface area contributed by atoms with Crippen LogP contribution in [0.5, 0.6) is 0 Å². The van der Waals surface area contributed by atoms with Crippen LogP contribution in [0, 0.1) is 0 Å². The molecule has 0 unspecified atom stereocenters. The molecule has 0 bridgehead atoms. The van der Waals surface area contributed by atoms with E-state index in [1.54, 1.807) is 7.11 Å². The fourth-order valence-corrected chi connectivity index (χ4v) is 2.82. The van der Waals surface area contributed by atoms with Crippen molar-refractivity contribution in [3.05, 3.63) is 33.8 Å². The lowest BCUT2D eigenvalue weighted by Crippen LogP contribution is -2.46. The summed E-state index contributed by atoms with van der Waals surface area (Å²) in [7, 11) is 1.74. The zero-order valence-corrected chi connectivity index (χ0v) is 11.4. The van der Waals surface area contributed by atoms with E-state index in [1.807, 2.05) is 12.1 Å². The second-order valence-corrected chi connectivity index (χ2v) is 5.44. The van der Waals surface area contributed by atoms with E-state index in [4.69, 9.17) is 27.9 Å². The van der Waals surface area contributed by atoms with E-state index in [0.29, 0.717) is 16.7 Å². The molecular weight excluding hydrogens is 257 g/mol. The standard InChI is InChI=1S/C13H17Cl2NO/c1-17-9-13(5-2-6-16-8-13)10-3-4-11(14)12(15)7-10/h3-4,7,16H,2,5-6,8-9H2,1H3/t13-/m0/s1. The predicted molar refractivity (Wildman–Crippen MR) is 72.1 cm³/mol. The Morgan fingerprint density at radius 1 is 1.35 bits per heavy atom. The molecule has 0 radical (unpaired) electrons. The second-order valence-electron chi connectivity index (χ2n) is 4.62. The largest absolute Gasteiger partial charge is 0.384 e. The first-order valence-electron chi connectivity index (χ1n) is 5.83. The molecule has 1 aliphatic rings. The molecule has 1 fully saturated rings. The molecule has 4 heteroatoms. The van der Waals surface area contributed by atoms with Gasteiger partial charge in [-0.05, 0) is 37.1 Å². The predicted octanol–water partition coefficient (Wildman–Crippen LogP) is 3.26. The highest BCUT2D eigenvalue weighted by Gasteiger charge is 2.34. The van der Waals surface area contributed by atoms with Gasteiger partial charge in [0.25, 0.3) is 0 Å². The number of ether oxygens (including phenoxy) is 1. The normalized spacial score (nSPS) is 24.9. The topological polar surface area (TPSA) is 21.3 Å². The van der Waals surface area contributed by atoms with Crippen LogP contribution in [0.4, 0.5) is 0 Å². The van der Waals surface area contributed by atoms with Crippen LogP contribution in [-0.2, 0) is 10.2 Å². The fraction of sp³-hybridized carbons (Fsp3) is 0.538. The number of nitrogens with one attached hydrogen (secondary N) is 1. The molecule has 1 aromatic carbocycles. The van der Waals surface area contributed by atoms with Gasteiger partial charge in [0.15, 0.2) is 0 Å². The summed E-state index contributed by atoms with van der Waals surface area (Å²) in [4.78, 5) is 0. The first kappa shape index (κ1) is 13.2. The van der Waals surface area contributed by atoms with Gasteiger partial charge in [0.2, 0.25) is 0 Å². The summed E-state index contributed by atoms with van der Waals surface area (Å²) in [6.45, 7) is 2.71. The van der Waals surface area contributed by atoms with Crippen LogP contribution >= 0.6 is 23.2 Å². The molecular formula is C13H17Cl2NO. The number of halogens is 2. The molecule has 17 heavy (non-hydrogen) atoms. The van der Waals surface area contributed by atoms with Gasteiger partial charge < -0.3 is 10.1 Å². The summed E-state index contributed by atoms with van der Waals surface area (Å²) in [5.74, 6) is 0. The van der Waals surface area contributed by atoms with Gasteiger partial charge >= 0.3 is 0 Å². The van der Waals surface area contributed by atoms with Crippen molar-refractivity contribution in [1.29, 1.82) is 0 Å². The molecule has 1 N–H and O–H groups in total. The molecule has 0 spiro atoms. The smallest absolute Gasteiger partial charge is 0.0595 e. The molecule has 94 valence electrons. The van der Waals surface area contributed by atoms with Crippen molar-refractivity contribution in [3.8, 4) is 0 Å². The van der Waals surface area contributed by atoms with Gasteiger partial charge in [-0.15, -0.1) is 0 Å². The maximum absolute atomic E-state index is 6.10. The number of methoxy groups -OCH3 is 1. The monoisotopic (exact) mass is 273 g/mol. The number of rotatable bonds is 3. The minimum Gasteiger partial charge on any atom is -0.384 e. The highest BCUT2D eigenvalue weighted by Crippen LogP contribution is 2.35. The van der Waals surface area contributed by atoms with Gasteiger partial charge in [-0.3, -0.25) is 0 Å². The Bertz CT molecular complexity index is 383. The van der Waals surface area contributed by atoms with E-state index in [9.17, 15) is 0 Å². The lowest BCUT2D eigenvalue weighted by Gasteiger charge is -2.37. The molecule has 0 amide bonds. The molecule has 0 aliphatic carbocycles. The average molecular weight is 274 g/mol. The quantitative estimate of drug-likeness (QED) is 0.913. The Morgan fingerprint density at radius 3 is 2.76 bits per heavy atom. The van der Waals surface area contributed by atoms with Crippen LogP contribution in [0.2, 0.25) is 10.0 Å². The summed E-state index contributed by atoms with van der Waals surface area (Å²) < 4.78 is 5.39. The Morgan fingerprint density at radius 2 is 2.18 bits per heavy atom. The summed E-state index contributed by atoms with van der Waals surface area (Å²) in [6, 6.07) is 5.89. The fourth-order valence-electron chi connectivity index (χ4n) is 2.52. The minimum absolute atomic E-state index is 0.0290. The van der Waals surface area contributed by atoms with Gasteiger partial charge in [0.1, 0.15) is 0 Å². The number of piperidine rings is 1. The summed E-state index contributed by atoms with van der Waals surface area (Å²) >= 11 is 12.1. The third kappa shape index (κ3) is 2.76. The number of benzene rings is 1. The van der Waals surface area contributed by atoms with E-state index in [2.05, 4.69) is 11.4 Å². The molecule has 0 aromatic heterocycles. The van der Waals surface area contributed by atoms with Crippen LogP contribution in [0.25, 0.3) is 0 Å². The maximum Gasteiger partial charge on any atom is 0.0595 e. The molecule has 1 aromatic rings. The molecule has 0 saturated carbocycles. The van der Waals surface area contributed by atoms with Crippen LogP contribution in [0.1, 0.15) is 18.4 Å². The van der Waals surface area contributed by atoms with E-state index in [0.717, 1.165) is 25.9 Å². The zero-order valence-electron chi connectivity index (χ0n) is 9.93. The van der Waals surface area contributed by atoms with Gasteiger partial charge in [-0.1, -0.05) is 29.3 Å². The van der Waals surface area contributed by atoms with Gasteiger partial charge in [-0.25, -0.2) is 0 Å². The molecule has 1 saturated heterocycles.